The number of nitrogens with zero attached hydrogens (tertiary/aromatic N) is 2. The van der Waals surface area contributed by atoms with E-state index in [0.29, 0.717) is 17.1 Å². The molecule has 2 heterocycles. The quantitative estimate of drug-likeness (QED) is 0.804. The zero-order valence-electron chi connectivity index (χ0n) is 10.6. The van der Waals surface area contributed by atoms with Crippen molar-refractivity contribution in [3.63, 3.8) is 0 Å². The van der Waals surface area contributed by atoms with Gasteiger partial charge >= 0.3 is 0 Å². The van der Waals surface area contributed by atoms with Gasteiger partial charge in [-0.1, -0.05) is 17.7 Å². The number of pyridine rings is 1. The highest BCUT2D eigenvalue weighted by Crippen LogP contribution is 2.10. The standard InChI is InChI=1S/C15H12ClN3O/c16-12-6-4-11(5-7-12)15(20)17-9-13-10-19-8-2-1-3-14(19)18-13/h1-8,10H,9H2,(H,17,20). The Morgan fingerprint density at radius 2 is 2.00 bits per heavy atom. The van der Waals surface area contributed by atoms with Gasteiger partial charge in [0.05, 0.1) is 12.2 Å². The molecule has 0 radical (unpaired) electrons. The van der Waals surface area contributed by atoms with E-state index in [0.717, 1.165) is 11.3 Å². The summed E-state index contributed by atoms with van der Waals surface area (Å²) in [5.41, 5.74) is 2.26. The third kappa shape index (κ3) is 2.65. The van der Waals surface area contributed by atoms with Gasteiger partial charge < -0.3 is 9.72 Å². The van der Waals surface area contributed by atoms with Crippen molar-refractivity contribution in [1.29, 1.82) is 0 Å². The van der Waals surface area contributed by atoms with E-state index in [1.165, 1.54) is 0 Å². The minimum atomic E-state index is -0.140. The van der Waals surface area contributed by atoms with E-state index in [1.807, 2.05) is 35.0 Å². The maximum absolute atomic E-state index is 12.0. The lowest BCUT2D eigenvalue weighted by Crippen LogP contribution is -2.22. The minimum absolute atomic E-state index is 0.140. The molecule has 3 aromatic rings. The Morgan fingerprint density at radius 1 is 1.20 bits per heavy atom. The molecule has 0 bridgehead atoms. The Bertz CT molecular complexity index is 716. The molecule has 5 heteroatoms. The molecule has 4 nitrogen and oxygen atoms in total. The number of halogens is 1. The second kappa shape index (κ2) is 5.35. The molecule has 2 aromatic heterocycles. The van der Waals surface area contributed by atoms with E-state index in [9.17, 15) is 4.79 Å². The molecular weight excluding hydrogens is 274 g/mol. The topological polar surface area (TPSA) is 46.4 Å². The summed E-state index contributed by atoms with van der Waals surface area (Å²) in [5, 5.41) is 3.45. The minimum Gasteiger partial charge on any atom is -0.346 e. The predicted molar refractivity (Wildman–Crippen MR) is 77.8 cm³/mol. The summed E-state index contributed by atoms with van der Waals surface area (Å²) >= 11 is 5.79. The lowest BCUT2D eigenvalue weighted by Gasteiger charge is -2.03. The monoisotopic (exact) mass is 285 g/mol. The van der Waals surface area contributed by atoms with E-state index in [1.54, 1.807) is 24.3 Å². The van der Waals surface area contributed by atoms with Gasteiger partial charge in [-0.05, 0) is 36.4 Å². The zero-order chi connectivity index (χ0) is 13.9. The number of imidazole rings is 1. The Kier molecular flexibility index (Phi) is 3.39. The number of hydrogen-bond donors (Lipinski definition) is 1. The van der Waals surface area contributed by atoms with Crippen molar-refractivity contribution in [2.75, 3.05) is 0 Å². The fraction of sp³-hybridized carbons (Fsp3) is 0.0667. The molecule has 100 valence electrons. The highest BCUT2D eigenvalue weighted by Gasteiger charge is 2.06. The predicted octanol–water partition coefficient (Wildman–Crippen LogP) is 2.92. The van der Waals surface area contributed by atoms with Crippen LogP contribution < -0.4 is 5.32 Å². The highest BCUT2D eigenvalue weighted by atomic mass is 35.5. The average molecular weight is 286 g/mol. The molecule has 0 aliphatic rings. The Hall–Kier alpha value is -2.33. The Morgan fingerprint density at radius 3 is 2.75 bits per heavy atom. The molecular formula is C15H12ClN3O. The van der Waals surface area contributed by atoms with Gasteiger partial charge in [-0.25, -0.2) is 4.98 Å². The largest absolute Gasteiger partial charge is 0.346 e. The van der Waals surface area contributed by atoms with E-state index in [-0.39, 0.29) is 5.91 Å². The van der Waals surface area contributed by atoms with Gasteiger partial charge in [0.25, 0.3) is 5.91 Å². The highest BCUT2D eigenvalue weighted by molar-refractivity contribution is 6.30. The van der Waals surface area contributed by atoms with Crippen molar-refractivity contribution in [2.24, 2.45) is 0 Å². The first-order chi connectivity index (χ1) is 9.72. The number of fused-ring (bicyclic) bond motifs is 1. The summed E-state index contributed by atoms with van der Waals surface area (Å²) in [6.45, 7) is 0.392. The molecule has 0 fully saturated rings. The van der Waals surface area contributed by atoms with Crippen LogP contribution in [0.15, 0.2) is 54.9 Å². The van der Waals surface area contributed by atoms with Crippen molar-refractivity contribution in [2.45, 2.75) is 6.54 Å². The number of aromatic nitrogens is 2. The third-order valence-corrected chi connectivity index (χ3v) is 3.20. The molecule has 0 atom stereocenters. The summed E-state index contributed by atoms with van der Waals surface area (Å²) < 4.78 is 1.92. The number of rotatable bonds is 3. The molecule has 0 aliphatic heterocycles. The molecule has 1 N–H and O–H groups in total. The van der Waals surface area contributed by atoms with Crippen molar-refractivity contribution in [3.8, 4) is 0 Å². The lowest BCUT2D eigenvalue weighted by molar-refractivity contribution is 0.0950. The number of hydrogen-bond acceptors (Lipinski definition) is 2. The molecule has 0 spiro atoms. The molecule has 0 unspecified atom stereocenters. The van der Waals surface area contributed by atoms with Crippen molar-refractivity contribution in [3.05, 3.63) is 71.1 Å². The first-order valence-corrected chi connectivity index (χ1v) is 6.56. The summed E-state index contributed by atoms with van der Waals surface area (Å²) in [4.78, 5) is 16.4. The maximum atomic E-state index is 12.0. The first-order valence-electron chi connectivity index (χ1n) is 6.19. The fourth-order valence-corrected chi connectivity index (χ4v) is 2.07. The van der Waals surface area contributed by atoms with E-state index in [4.69, 9.17) is 11.6 Å². The number of nitrogens with one attached hydrogen (secondary N) is 1. The number of carbonyl (C=O) groups is 1. The first kappa shape index (κ1) is 12.7. The van der Waals surface area contributed by atoms with Crippen LogP contribution in [0.5, 0.6) is 0 Å². The number of benzene rings is 1. The van der Waals surface area contributed by atoms with Crippen LogP contribution in [0, 0.1) is 0 Å². The van der Waals surface area contributed by atoms with E-state index in [2.05, 4.69) is 10.3 Å². The molecule has 20 heavy (non-hydrogen) atoms. The summed E-state index contributed by atoms with van der Waals surface area (Å²) in [6, 6.07) is 12.6. The van der Waals surface area contributed by atoms with Gasteiger partial charge in [0.2, 0.25) is 0 Å². The molecule has 0 saturated heterocycles. The van der Waals surface area contributed by atoms with Gasteiger partial charge in [0.1, 0.15) is 5.65 Å². The third-order valence-electron chi connectivity index (χ3n) is 2.95. The smallest absolute Gasteiger partial charge is 0.251 e. The van der Waals surface area contributed by atoms with Crippen LogP contribution in [-0.2, 0) is 6.54 Å². The van der Waals surface area contributed by atoms with Gasteiger partial charge in [-0.3, -0.25) is 4.79 Å². The van der Waals surface area contributed by atoms with Crippen LogP contribution in [-0.4, -0.2) is 15.3 Å². The maximum Gasteiger partial charge on any atom is 0.251 e. The summed E-state index contributed by atoms with van der Waals surface area (Å²) in [5.74, 6) is -0.140. The van der Waals surface area contributed by atoms with E-state index >= 15 is 0 Å². The van der Waals surface area contributed by atoms with Crippen LogP contribution in [0.4, 0.5) is 0 Å². The summed E-state index contributed by atoms with van der Waals surface area (Å²) in [6.07, 6.45) is 3.82. The molecule has 1 amide bonds. The van der Waals surface area contributed by atoms with Crippen LogP contribution in [0.3, 0.4) is 0 Å². The van der Waals surface area contributed by atoms with Gasteiger partial charge in [0.15, 0.2) is 0 Å². The second-order valence-corrected chi connectivity index (χ2v) is 4.82. The summed E-state index contributed by atoms with van der Waals surface area (Å²) in [7, 11) is 0. The fourth-order valence-electron chi connectivity index (χ4n) is 1.95. The van der Waals surface area contributed by atoms with Gasteiger partial charge in [0, 0.05) is 23.0 Å². The second-order valence-electron chi connectivity index (χ2n) is 4.39. The van der Waals surface area contributed by atoms with Crippen LogP contribution in [0.25, 0.3) is 5.65 Å². The van der Waals surface area contributed by atoms with Crippen LogP contribution >= 0.6 is 11.6 Å². The molecule has 0 aliphatic carbocycles. The zero-order valence-corrected chi connectivity index (χ0v) is 11.3. The van der Waals surface area contributed by atoms with Crippen molar-refractivity contribution >= 4 is 23.2 Å². The normalized spacial score (nSPS) is 10.7. The van der Waals surface area contributed by atoms with Crippen LogP contribution in [0.2, 0.25) is 5.02 Å². The molecule has 3 rings (SSSR count). The van der Waals surface area contributed by atoms with Crippen molar-refractivity contribution < 1.29 is 4.79 Å². The molecule has 1 aromatic carbocycles. The molecule has 0 saturated carbocycles. The average Bonchev–Trinajstić information content (AvgIpc) is 2.88. The SMILES string of the molecule is O=C(NCc1cn2ccccc2n1)c1ccc(Cl)cc1. The number of carbonyl (C=O) groups excluding carboxylic acids is 1. The lowest BCUT2D eigenvalue weighted by atomic mass is 10.2. The Balaban J connectivity index is 1.69. The van der Waals surface area contributed by atoms with Crippen LogP contribution in [0.1, 0.15) is 16.1 Å². The van der Waals surface area contributed by atoms with E-state index < -0.39 is 0 Å². The van der Waals surface area contributed by atoms with Crippen molar-refractivity contribution in [1.82, 2.24) is 14.7 Å². The Labute approximate surface area is 121 Å². The van der Waals surface area contributed by atoms with Gasteiger partial charge in [-0.15, -0.1) is 0 Å². The van der Waals surface area contributed by atoms with Gasteiger partial charge in [-0.2, -0.15) is 0 Å². The number of amides is 1.